The number of carboxylic acids is 1. The first-order valence-electron chi connectivity index (χ1n) is 31.7. The van der Waals surface area contributed by atoms with E-state index in [9.17, 15) is 69.9 Å². The zero-order chi connectivity index (χ0) is 73.5. The van der Waals surface area contributed by atoms with Crippen LogP contribution in [0.5, 0.6) is 46.0 Å². The van der Waals surface area contributed by atoms with Crippen LogP contribution in [0.4, 0.5) is 0 Å². The molecule has 0 aliphatic carbocycles. The molecule has 2 saturated heterocycles. The number of nitrogens with one attached hydrogen (secondary N) is 7. The van der Waals surface area contributed by atoms with E-state index < -0.39 is 225 Å². The smallest absolute Gasteiger partial charge is 0.330 e. The van der Waals surface area contributed by atoms with E-state index in [2.05, 4.69) is 37.3 Å². The minimum Gasteiger partial charge on any atom is -0.508 e. The number of nitrogens with two attached hydrogens (primary N) is 3. The normalized spacial score (nSPS) is 29.4. The van der Waals surface area contributed by atoms with Gasteiger partial charge in [-0.3, -0.25) is 44.8 Å². The second-order valence-corrected chi connectivity index (χ2v) is 26.8. The second-order valence-electron chi connectivity index (χ2n) is 26.0. The van der Waals surface area contributed by atoms with Crippen molar-refractivity contribution in [1.29, 1.82) is 0 Å². The average molecular weight is 1450 g/mol. The highest BCUT2D eigenvalue weighted by atomic mass is 35.5. The highest BCUT2D eigenvalue weighted by Crippen LogP contribution is 2.50. The molecule has 22 N–H and O–H groups in total. The number of hydrazine groups is 1. The lowest BCUT2D eigenvalue weighted by Crippen LogP contribution is -2.65. The van der Waals surface area contributed by atoms with Gasteiger partial charge in [-0.15, -0.1) is 0 Å². The van der Waals surface area contributed by atoms with E-state index in [1.165, 1.54) is 26.0 Å². The van der Waals surface area contributed by atoms with Crippen LogP contribution < -0.4 is 68.8 Å². The van der Waals surface area contributed by atoms with Crippen LogP contribution in [0.25, 0.3) is 11.1 Å². The summed E-state index contributed by atoms with van der Waals surface area (Å²) in [6, 6.07) is 0.609. The summed E-state index contributed by atoms with van der Waals surface area (Å²) in [5.41, 5.74) is 10.5. The molecular weight excluding hydrogens is 1370 g/mol. The van der Waals surface area contributed by atoms with Crippen LogP contribution in [0, 0.1) is 11.8 Å². The van der Waals surface area contributed by atoms with Gasteiger partial charge in [-0.05, 0) is 103 Å². The van der Waals surface area contributed by atoms with Crippen molar-refractivity contribution in [3.05, 3.63) is 117 Å². The maximum Gasteiger partial charge on any atom is 0.330 e. The zero-order valence-electron chi connectivity index (χ0n) is 54.5. The summed E-state index contributed by atoms with van der Waals surface area (Å²) in [7, 11) is 0. The number of benzene rings is 5. The van der Waals surface area contributed by atoms with Crippen LogP contribution in [0.1, 0.15) is 112 Å². The van der Waals surface area contributed by atoms with Gasteiger partial charge in [0.2, 0.25) is 53.4 Å². The van der Waals surface area contributed by atoms with E-state index in [1.54, 1.807) is 6.92 Å². The molecule has 35 heteroatoms. The van der Waals surface area contributed by atoms with Crippen molar-refractivity contribution in [3.63, 3.8) is 0 Å². The predicted octanol–water partition coefficient (Wildman–Crippen LogP) is 0.625. The highest BCUT2D eigenvalue weighted by Gasteiger charge is 2.51. The van der Waals surface area contributed by atoms with Gasteiger partial charge in [0, 0.05) is 47.2 Å². The summed E-state index contributed by atoms with van der Waals surface area (Å²) >= 11 is 14.1. The molecule has 2 fully saturated rings. The number of aliphatic hydroxyl groups excluding tert-OH is 5. The standard InChI is InChI=1S/C66H76Cl2N10O23/c1-23(2)12-24(3)58(88)77-49-51(83)27-7-10-38(33(67)14-27)97-40-16-29-17-41(55(40)101-65-56(54(86)53(85)42(99-65)22-72-71)100-44-21-66(5,70)57(87)25(4)96-44)98-39-11-8-28(15-34(39)68)52(84)50-63(93)76-48(64(94)95)32-18-30(79)19-37(81)45(32)31-13-26(6-9-36(31)80)46(60(90)78-50)75-61(91)47(29)74-59(89)35(20-43(69)82)73-62(49)92/h6-11,13-19,23-25,35,42,44,46-54,56-57,65,72,79-81,83-87H,12,20-22,70-71H2,1-5H3,(H2,69,82)(H,73,92)(H,74,89)(H,75,91)(H,76,93)(H,77,88)(H,78,90)(H,94,95)/t24-,25?,35+,42?,44?,46?,47-,48-,49-,50+,51-,52-,53?,54?,56?,57?,65?,66?/m1/s1. The van der Waals surface area contributed by atoms with Crippen molar-refractivity contribution in [2.75, 3.05) is 6.54 Å². The van der Waals surface area contributed by atoms with Gasteiger partial charge < -0.3 is 118 Å². The van der Waals surface area contributed by atoms with Crippen molar-refractivity contribution in [3.8, 4) is 57.1 Å². The van der Waals surface area contributed by atoms with Crippen molar-refractivity contribution >= 4 is 70.5 Å². The quantitative estimate of drug-likeness (QED) is 0.0568. The maximum absolute atomic E-state index is 16.0. The number of carbonyl (C=O) groups excluding carboxylic acids is 7. The number of amides is 7. The Balaban J connectivity index is 1.24. The third kappa shape index (κ3) is 16.0. The summed E-state index contributed by atoms with van der Waals surface area (Å²) in [6.45, 7) is 7.90. The van der Waals surface area contributed by atoms with Gasteiger partial charge in [0.1, 0.15) is 89.5 Å². The minimum absolute atomic E-state index is 0.0369. The number of hydrogen-bond acceptors (Lipinski definition) is 25. The summed E-state index contributed by atoms with van der Waals surface area (Å²) in [4.78, 5) is 117. The predicted molar refractivity (Wildman–Crippen MR) is 351 cm³/mol. The van der Waals surface area contributed by atoms with E-state index in [0.717, 1.165) is 66.7 Å². The Labute approximate surface area is 584 Å². The SMILES string of the molecule is CC(C)C[C@@H](C)C(=O)N[C@H]1C(=O)N[C@@H](CC(N)=O)C(=O)N[C@H]2C(=O)NC3C(=O)N[C@H](C(=O)N[C@@H](C(=O)O)c4cc(O)cc(O)c4-c4cc3ccc4O)[C@H](O)c3ccc(c(Cl)c3)Oc3cc2cc(c3OC2OC(CNN)C(O)C(O)C2OC2CC(C)(N)C(O)C(C)O2)Oc2ccc(cc2Cl)[C@H]1O. The number of aliphatic hydroxyl groups is 5. The molecule has 7 aliphatic rings. The van der Waals surface area contributed by atoms with Gasteiger partial charge >= 0.3 is 5.97 Å². The van der Waals surface area contributed by atoms with E-state index in [4.69, 9.17) is 68.9 Å². The molecule has 11 bridgehead atoms. The minimum atomic E-state index is -2.33. The third-order valence-corrected chi connectivity index (χ3v) is 18.4. The lowest BCUT2D eigenvalue weighted by Gasteiger charge is -2.47. The Morgan fingerprint density at radius 2 is 1.31 bits per heavy atom. The van der Waals surface area contributed by atoms with Crippen LogP contribution in [0.3, 0.4) is 0 Å². The van der Waals surface area contributed by atoms with Gasteiger partial charge in [-0.1, -0.05) is 62.2 Å². The number of aromatic hydroxyl groups is 3. The lowest BCUT2D eigenvalue weighted by molar-refractivity contribution is -0.330. The van der Waals surface area contributed by atoms with Crippen LogP contribution in [-0.2, 0) is 52.6 Å². The number of primary amides is 1. The number of hydrogen-bond donors (Lipinski definition) is 19. The van der Waals surface area contributed by atoms with E-state index in [1.807, 2.05) is 13.8 Å². The van der Waals surface area contributed by atoms with Crippen LogP contribution in [0.2, 0.25) is 10.0 Å². The largest absolute Gasteiger partial charge is 0.508 e. The Morgan fingerprint density at radius 1 is 0.703 bits per heavy atom. The van der Waals surface area contributed by atoms with Gasteiger partial charge in [0.25, 0.3) is 0 Å². The summed E-state index contributed by atoms with van der Waals surface area (Å²) in [5.74, 6) is -10.6. The van der Waals surface area contributed by atoms with Gasteiger partial charge in [-0.2, -0.15) is 0 Å². The summed E-state index contributed by atoms with van der Waals surface area (Å²) in [5, 5.41) is 118. The Kier molecular flexibility index (Phi) is 22.2. The fraction of sp³-hybridized carbons (Fsp3) is 0.424. The number of phenolic OH excluding ortho intramolecular Hbond substituents is 3. The van der Waals surface area contributed by atoms with Crippen molar-refractivity contribution in [2.24, 2.45) is 29.1 Å². The molecule has 101 heavy (non-hydrogen) atoms. The average Bonchev–Trinajstić information content (AvgIpc) is 0.748. The summed E-state index contributed by atoms with van der Waals surface area (Å²) < 4.78 is 38.7. The molecule has 7 aliphatic heterocycles. The maximum atomic E-state index is 16.0. The van der Waals surface area contributed by atoms with E-state index >= 15 is 14.4 Å². The van der Waals surface area contributed by atoms with Crippen LogP contribution in [0.15, 0.2) is 78.9 Å². The zero-order valence-corrected chi connectivity index (χ0v) is 56.0. The molecule has 7 heterocycles. The summed E-state index contributed by atoms with van der Waals surface area (Å²) in [6.07, 6.45) is -17.8. The number of rotatable bonds is 13. The Hall–Kier alpha value is -9.20. The fourth-order valence-corrected chi connectivity index (χ4v) is 13.1. The first kappa shape index (κ1) is 74.5. The number of halogens is 2. The fourth-order valence-electron chi connectivity index (χ4n) is 12.7. The molecule has 7 amide bonds. The van der Waals surface area contributed by atoms with Crippen molar-refractivity contribution in [2.45, 2.75) is 157 Å². The molecule has 33 nitrogen and oxygen atoms in total. The Bertz CT molecular complexity index is 4080. The number of phenols is 3. The highest BCUT2D eigenvalue weighted by molar-refractivity contribution is 6.32. The number of carbonyl (C=O) groups is 8. The number of aliphatic carboxylic acids is 1. The molecule has 5 aromatic carbocycles. The van der Waals surface area contributed by atoms with Gasteiger partial charge in [-0.25, -0.2) is 4.79 Å². The van der Waals surface area contributed by atoms with Crippen molar-refractivity contribution < 1.29 is 113 Å². The first-order valence-corrected chi connectivity index (χ1v) is 32.5. The van der Waals surface area contributed by atoms with E-state index in [0.29, 0.717) is 6.42 Å². The lowest BCUT2D eigenvalue weighted by atomic mass is 9.86. The molecule has 5 aromatic rings. The van der Waals surface area contributed by atoms with Crippen molar-refractivity contribution in [1.82, 2.24) is 37.3 Å². The number of fused-ring (bicyclic) bond motifs is 15. The molecular formula is C66H76Cl2N10O23. The third-order valence-electron chi connectivity index (χ3n) is 17.8. The first-order chi connectivity index (χ1) is 47.6. The van der Waals surface area contributed by atoms with Crippen LogP contribution in [-0.4, -0.2) is 173 Å². The number of ether oxygens (including phenoxy) is 6. The number of carboxylic acid groups (broad SMARTS) is 1. The molecule has 0 aromatic heterocycles. The second kappa shape index (κ2) is 30.2. The molecule has 0 spiro atoms. The molecule has 12 rings (SSSR count). The van der Waals surface area contributed by atoms with Crippen LogP contribution >= 0.6 is 23.2 Å². The van der Waals surface area contributed by atoms with Gasteiger partial charge in [0.05, 0.1) is 28.7 Å². The van der Waals surface area contributed by atoms with E-state index in [-0.39, 0.29) is 52.1 Å². The topological polar surface area (TPSA) is 536 Å². The Morgan fingerprint density at radius 3 is 1.90 bits per heavy atom. The molecule has 0 radical (unpaired) electrons. The monoisotopic (exact) mass is 1450 g/mol. The molecule has 10 unspecified atom stereocenters. The molecule has 18 atom stereocenters. The molecule has 0 saturated carbocycles. The molecule has 542 valence electrons. The van der Waals surface area contributed by atoms with Gasteiger partial charge in [0.15, 0.2) is 29.9 Å².